The molecule has 8 nitrogen and oxygen atoms in total. The Morgan fingerprint density at radius 3 is 2.78 bits per heavy atom. The average molecular weight is 388 g/mol. The first-order valence-electron chi connectivity index (χ1n) is 8.53. The lowest BCUT2D eigenvalue weighted by molar-refractivity contribution is -0.0289. The zero-order chi connectivity index (χ0) is 19.0. The van der Waals surface area contributed by atoms with Crippen molar-refractivity contribution >= 4 is 34.5 Å². The van der Waals surface area contributed by atoms with Crippen LogP contribution in [0.5, 0.6) is 0 Å². The number of alkyl halides is 1. The molecule has 1 aromatic carbocycles. The van der Waals surface area contributed by atoms with E-state index in [-0.39, 0.29) is 23.8 Å². The number of ether oxygens (including phenoxy) is 1. The number of carbonyl (C=O) groups is 1. The zero-order valence-electron chi connectivity index (χ0n) is 14.5. The highest BCUT2D eigenvalue weighted by Gasteiger charge is 2.42. The maximum absolute atomic E-state index is 12.4. The monoisotopic (exact) mass is 387 g/mol. The Morgan fingerprint density at radius 1 is 1.30 bits per heavy atom. The smallest absolute Gasteiger partial charge is 0.256 e. The summed E-state index contributed by atoms with van der Waals surface area (Å²) in [6, 6.07) is 8.83. The number of aliphatic hydroxyl groups excluding tert-OH is 1. The number of imidazole rings is 1. The van der Waals surface area contributed by atoms with Gasteiger partial charge in [-0.2, -0.15) is 0 Å². The second-order valence-electron chi connectivity index (χ2n) is 6.44. The molecule has 0 saturated carbocycles. The van der Waals surface area contributed by atoms with Crippen LogP contribution in [0.1, 0.15) is 23.5 Å². The first-order chi connectivity index (χ1) is 13.1. The molecule has 27 heavy (non-hydrogen) atoms. The highest BCUT2D eigenvalue weighted by atomic mass is 35.5. The fourth-order valence-electron chi connectivity index (χ4n) is 3.17. The number of anilines is 1. The Hall–Kier alpha value is -2.55. The number of benzene rings is 1. The van der Waals surface area contributed by atoms with Crippen LogP contribution in [0.2, 0.25) is 0 Å². The van der Waals surface area contributed by atoms with Gasteiger partial charge in [0.25, 0.3) is 5.91 Å². The van der Waals surface area contributed by atoms with Gasteiger partial charge < -0.3 is 15.2 Å². The third-order valence-corrected chi connectivity index (χ3v) is 5.09. The summed E-state index contributed by atoms with van der Waals surface area (Å²) in [5, 5.41) is 13.3. The van der Waals surface area contributed by atoms with Crippen molar-refractivity contribution in [3.05, 3.63) is 48.5 Å². The summed E-state index contributed by atoms with van der Waals surface area (Å²) < 4.78 is 7.51. The molecule has 140 valence electrons. The van der Waals surface area contributed by atoms with Crippen LogP contribution in [0, 0.1) is 5.92 Å². The highest BCUT2D eigenvalue weighted by molar-refractivity contribution is 6.18. The summed E-state index contributed by atoms with van der Waals surface area (Å²) in [5.41, 5.74) is 1.39. The Labute approximate surface area is 160 Å². The van der Waals surface area contributed by atoms with E-state index in [2.05, 4.69) is 20.3 Å². The number of nitrogens with zero attached hydrogens (tertiary/aromatic N) is 4. The van der Waals surface area contributed by atoms with Gasteiger partial charge in [0, 0.05) is 17.4 Å². The first-order valence-corrected chi connectivity index (χ1v) is 9.07. The third-order valence-electron chi connectivity index (χ3n) is 4.78. The van der Waals surface area contributed by atoms with E-state index in [1.807, 2.05) is 13.0 Å². The summed E-state index contributed by atoms with van der Waals surface area (Å²) in [5.74, 6) is 0.165. The van der Waals surface area contributed by atoms with Gasteiger partial charge in [0.2, 0.25) is 0 Å². The maximum atomic E-state index is 12.4. The van der Waals surface area contributed by atoms with E-state index in [1.165, 1.54) is 12.7 Å². The van der Waals surface area contributed by atoms with Crippen molar-refractivity contribution < 1.29 is 14.6 Å². The van der Waals surface area contributed by atoms with Crippen molar-refractivity contribution in [2.75, 3.05) is 11.2 Å². The number of amides is 1. The van der Waals surface area contributed by atoms with E-state index in [0.29, 0.717) is 22.5 Å². The van der Waals surface area contributed by atoms with E-state index in [9.17, 15) is 9.90 Å². The Balaban J connectivity index is 1.65. The molecule has 1 aliphatic heterocycles. The van der Waals surface area contributed by atoms with Gasteiger partial charge in [-0.25, -0.2) is 15.0 Å². The summed E-state index contributed by atoms with van der Waals surface area (Å²) in [4.78, 5) is 25.1. The fourth-order valence-corrected chi connectivity index (χ4v) is 3.52. The van der Waals surface area contributed by atoms with E-state index in [1.54, 1.807) is 28.8 Å². The molecule has 9 heteroatoms. The van der Waals surface area contributed by atoms with Crippen molar-refractivity contribution in [1.82, 2.24) is 19.5 Å². The highest BCUT2D eigenvalue weighted by Crippen LogP contribution is 2.36. The Bertz CT molecular complexity index is 964. The molecule has 1 amide bonds. The predicted molar refractivity (Wildman–Crippen MR) is 99.5 cm³/mol. The first kappa shape index (κ1) is 17.8. The standard InChI is InChI=1S/C18H18ClN5O3/c1-10-12(7-19)27-18(14(10)25)24-9-22-13-15(20-8-21-16(13)24)23-17(26)11-5-3-2-4-6-11/h2-6,8-10,12,14,18,25H,7H2,1H3,(H,20,21,23,26). The number of nitrogens with one attached hydrogen (secondary N) is 1. The van der Waals surface area contributed by atoms with Gasteiger partial charge in [-0.15, -0.1) is 11.6 Å². The van der Waals surface area contributed by atoms with Gasteiger partial charge in [-0.3, -0.25) is 9.36 Å². The second-order valence-corrected chi connectivity index (χ2v) is 6.74. The average Bonchev–Trinajstić information content (AvgIpc) is 3.25. The zero-order valence-corrected chi connectivity index (χ0v) is 15.2. The lowest BCUT2D eigenvalue weighted by atomic mass is 10.0. The van der Waals surface area contributed by atoms with Gasteiger partial charge in [-0.05, 0) is 12.1 Å². The predicted octanol–water partition coefficient (Wildman–Crippen LogP) is 2.21. The van der Waals surface area contributed by atoms with E-state index in [4.69, 9.17) is 16.3 Å². The van der Waals surface area contributed by atoms with Gasteiger partial charge in [0.05, 0.1) is 12.4 Å². The van der Waals surface area contributed by atoms with Gasteiger partial charge >= 0.3 is 0 Å². The number of hydrogen-bond donors (Lipinski definition) is 2. The Kier molecular flexibility index (Phi) is 4.77. The molecule has 1 saturated heterocycles. The SMILES string of the molecule is CC1C(CCl)OC(n2cnc3c(NC(=O)c4ccccc4)ncnc32)C1O. The number of aromatic nitrogens is 4. The minimum atomic E-state index is -0.747. The molecule has 3 heterocycles. The number of fused-ring (bicyclic) bond motifs is 1. The number of rotatable bonds is 4. The van der Waals surface area contributed by atoms with Crippen molar-refractivity contribution in [3.63, 3.8) is 0 Å². The van der Waals surface area contributed by atoms with Crippen LogP contribution in [-0.2, 0) is 4.74 Å². The molecule has 1 aliphatic rings. The van der Waals surface area contributed by atoms with Crippen molar-refractivity contribution in [2.24, 2.45) is 5.92 Å². The van der Waals surface area contributed by atoms with E-state index >= 15 is 0 Å². The van der Waals surface area contributed by atoms with E-state index in [0.717, 1.165) is 0 Å². The van der Waals surface area contributed by atoms with Crippen LogP contribution in [0.25, 0.3) is 11.2 Å². The quantitative estimate of drug-likeness (QED) is 0.665. The minimum absolute atomic E-state index is 0.121. The molecular formula is C18H18ClN5O3. The number of halogens is 1. The molecule has 4 rings (SSSR count). The van der Waals surface area contributed by atoms with Gasteiger partial charge in [-0.1, -0.05) is 25.1 Å². The van der Waals surface area contributed by atoms with Crippen LogP contribution in [0.4, 0.5) is 5.82 Å². The largest absolute Gasteiger partial charge is 0.388 e. The lowest BCUT2D eigenvalue weighted by Crippen LogP contribution is -2.24. The van der Waals surface area contributed by atoms with E-state index < -0.39 is 12.3 Å². The molecule has 0 bridgehead atoms. The normalized spacial score (nSPS) is 25.0. The topological polar surface area (TPSA) is 102 Å². The summed E-state index contributed by atoms with van der Waals surface area (Å²) >= 11 is 5.92. The van der Waals surface area contributed by atoms with Crippen LogP contribution in [0.15, 0.2) is 43.0 Å². The summed E-state index contributed by atoms with van der Waals surface area (Å²) in [6.45, 7) is 1.89. The maximum Gasteiger partial charge on any atom is 0.256 e. The third kappa shape index (κ3) is 3.16. The number of aliphatic hydroxyl groups is 1. The summed E-state index contributed by atoms with van der Waals surface area (Å²) in [7, 11) is 0. The second kappa shape index (κ2) is 7.22. The Morgan fingerprint density at radius 2 is 2.07 bits per heavy atom. The molecule has 0 radical (unpaired) electrons. The van der Waals surface area contributed by atoms with Crippen LogP contribution >= 0.6 is 11.6 Å². The molecule has 0 aliphatic carbocycles. The van der Waals surface area contributed by atoms with Crippen LogP contribution in [-0.4, -0.2) is 48.6 Å². The van der Waals surface area contributed by atoms with Crippen molar-refractivity contribution in [2.45, 2.75) is 25.4 Å². The number of hydrogen-bond acceptors (Lipinski definition) is 6. The molecule has 1 fully saturated rings. The minimum Gasteiger partial charge on any atom is -0.388 e. The molecule has 2 aromatic heterocycles. The van der Waals surface area contributed by atoms with Crippen LogP contribution in [0.3, 0.4) is 0 Å². The molecule has 2 N–H and O–H groups in total. The van der Waals surface area contributed by atoms with Gasteiger partial charge in [0.15, 0.2) is 23.2 Å². The lowest BCUT2D eigenvalue weighted by Gasteiger charge is -2.17. The number of carbonyl (C=O) groups excluding carboxylic acids is 1. The molecule has 3 aromatic rings. The summed E-state index contributed by atoms with van der Waals surface area (Å²) in [6.07, 6.45) is 1.20. The fraction of sp³-hybridized carbons (Fsp3) is 0.333. The molecule has 4 unspecified atom stereocenters. The molecule has 0 spiro atoms. The molecule has 4 atom stereocenters. The van der Waals surface area contributed by atoms with Crippen LogP contribution < -0.4 is 5.32 Å². The van der Waals surface area contributed by atoms with Crippen molar-refractivity contribution in [1.29, 1.82) is 0 Å². The van der Waals surface area contributed by atoms with Crippen molar-refractivity contribution in [3.8, 4) is 0 Å². The molecular weight excluding hydrogens is 370 g/mol. The van der Waals surface area contributed by atoms with Gasteiger partial charge in [0.1, 0.15) is 12.4 Å².